The number of nitrogens with zero attached hydrogens (tertiary/aromatic N) is 1. The molecule has 2 heterocycles. The van der Waals surface area contributed by atoms with Crippen LogP contribution in [0.5, 0.6) is 17.2 Å². The number of carbonyl (C=O) groups is 1. The lowest BCUT2D eigenvalue weighted by Crippen LogP contribution is -2.36. The Morgan fingerprint density at radius 2 is 2.00 bits per heavy atom. The van der Waals surface area contributed by atoms with E-state index >= 15 is 0 Å². The van der Waals surface area contributed by atoms with Crippen molar-refractivity contribution in [2.75, 3.05) is 18.2 Å². The molecule has 25 heavy (non-hydrogen) atoms. The second-order valence-electron chi connectivity index (χ2n) is 5.74. The summed E-state index contributed by atoms with van der Waals surface area (Å²) in [6, 6.07) is 9.98. The van der Waals surface area contributed by atoms with Gasteiger partial charge in [-0.1, -0.05) is 18.2 Å². The molecular weight excluding hydrogens is 332 g/mol. The van der Waals surface area contributed by atoms with Gasteiger partial charge in [0, 0.05) is 6.54 Å². The number of amides is 1. The van der Waals surface area contributed by atoms with Crippen LogP contribution in [0, 0.1) is 0 Å². The average Bonchev–Trinajstić information content (AvgIpc) is 3.09. The molecule has 0 bridgehead atoms. The lowest BCUT2D eigenvalue weighted by molar-refractivity contribution is -0.0495. The molecule has 5 nitrogen and oxygen atoms in total. The van der Waals surface area contributed by atoms with Gasteiger partial charge < -0.3 is 19.1 Å². The zero-order chi connectivity index (χ0) is 17.4. The molecule has 0 spiro atoms. The normalized spacial score (nSPS) is 15.2. The van der Waals surface area contributed by atoms with E-state index in [0.29, 0.717) is 35.7 Å². The Morgan fingerprint density at radius 1 is 1.16 bits per heavy atom. The number of rotatable bonds is 3. The van der Waals surface area contributed by atoms with Crippen molar-refractivity contribution in [1.82, 2.24) is 0 Å². The van der Waals surface area contributed by atoms with E-state index in [1.807, 2.05) is 6.07 Å². The van der Waals surface area contributed by atoms with Gasteiger partial charge in [-0.15, -0.1) is 0 Å². The van der Waals surface area contributed by atoms with Gasteiger partial charge in [0.2, 0.25) is 6.79 Å². The fourth-order valence-corrected chi connectivity index (χ4v) is 3.25. The number of alkyl halides is 2. The lowest BCUT2D eigenvalue weighted by atomic mass is 9.99. The number of aryl methyl sites for hydroxylation is 1. The first kappa shape index (κ1) is 15.7. The van der Waals surface area contributed by atoms with Crippen molar-refractivity contribution in [1.29, 1.82) is 0 Å². The van der Waals surface area contributed by atoms with Crippen LogP contribution in [0.2, 0.25) is 0 Å². The largest absolute Gasteiger partial charge is 0.454 e. The molecule has 0 fully saturated rings. The van der Waals surface area contributed by atoms with Crippen LogP contribution < -0.4 is 19.1 Å². The Labute approximate surface area is 142 Å². The molecule has 0 saturated heterocycles. The molecule has 0 aromatic heterocycles. The summed E-state index contributed by atoms with van der Waals surface area (Å²) in [6.07, 6.45) is 1.44. The molecule has 2 aromatic carbocycles. The third-order valence-electron chi connectivity index (χ3n) is 4.27. The van der Waals surface area contributed by atoms with Gasteiger partial charge in [0.15, 0.2) is 11.5 Å². The highest BCUT2D eigenvalue weighted by atomic mass is 19.3. The SMILES string of the molecule is O=C(c1cccc2c1OCO2)N1CCCc2cccc(OC(F)F)c21. The maximum atomic E-state index is 13.1. The number of anilines is 1. The number of fused-ring (bicyclic) bond motifs is 2. The van der Waals surface area contributed by atoms with Gasteiger partial charge in [-0.05, 0) is 36.6 Å². The molecule has 0 aliphatic carbocycles. The van der Waals surface area contributed by atoms with E-state index in [0.717, 1.165) is 12.0 Å². The first-order valence-electron chi connectivity index (χ1n) is 7.92. The number of carbonyl (C=O) groups excluding carboxylic acids is 1. The second kappa shape index (κ2) is 6.23. The van der Waals surface area contributed by atoms with Crippen molar-refractivity contribution >= 4 is 11.6 Å². The summed E-state index contributed by atoms with van der Waals surface area (Å²) >= 11 is 0. The predicted molar refractivity (Wildman–Crippen MR) is 85.6 cm³/mol. The van der Waals surface area contributed by atoms with Crippen LogP contribution >= 0.6 is 0 Å². The zero-order valence-electron chi connectivity index (χ0n) is 13.2. The third-order valence-corrected chi connectivity index (χ3v) is 4.27. The lowest BCUT2D eigenvalue weighted by Gasteiger charge is -2.31. The Balaban J connectivity index is 1.76. The van der Waals surface area contributed by atoms with Gasteiger partial charge in [0.05, 0.1) is 11.3 Å². The zero-order valence-corrected chi connectivity index (χ0v) is 13.2. The molecular formula is C18H15F2NO4. The summed E-state index contributed by atoms with van der Waals surface area (Å²) in [7, 11) is 0. The molecule has 2 aromatic rings. The van der Waals surface area contributed by atoms with Crippen LogP contribution in [0.25, 0.3) is 0 Å². The minimum atomic E-state index is -2.96. The van der Waals surface area contributed by atoms with Crippen molar-refractivity contribution in [3.05, 3.63) is 47.5 Å². The van der Waals surface area contributed by atoms with E-state index in [2.05, 4.69) is 4.74 Å². The maximum absolute atomic E-state index is 13.1. The minimum Gasteiger partial charge on any atom is -0.454 e. The number of para-hydroxylation sites is 2. The molecule has 0 unspecified atom stereocenters. The summed E-state index contributed by atoms with van der Waals surface area (Å²) in [5, 5.41) is 0. The Hall–Kier alpha value is -2.83. The third kappa shape index (κ3) is 2.75. The number of ether oxygens (including phenoxy) is 3. The van der Waals surface area contributed by atoms with Crippen molar-refractivity contribution in [2.24, 2.45) is 0 Å². The molecule has 0 saturated carbocycles. The van der Waals surface area contributed by atoms with E-state index in [9.17, 15) is 13.6 Å². The quantitative estimate of drug-likeness (QED) is 0.851. The van der Waals surface area contributed by atoms with Crippen molar-refractivity contribution in [3.8, 4) is 17.2 Å². The molecule has 0 N–H and O–H groups in total. The number of hydrogen-bond donors (Lipinski definition) is 0. The molecule has 7 heteroatoms. The Kier molecular flexibility index (Phi) is 3.91. The molecule has 0 radical (unpaired) electrons. The molecule has 4 rings (SSSR count). The first-order chi connectivity index (χ1) is 12.1. The number of hydrogen-bond acceptors (Lipinski definition) is 4. The van der Waals surface area contributed by atoms with Gasteiger partial charge in [0.25, 0.3) is 5.91 Å². The molecule has 130 valence electrons. The van der Waals surface area contributed by atoms with E-state index in [4.69, 9.17) is 9.47 Å². The second-order valence-corrected chi connectivity index (χ2v) is 5.74. The van der Waals surface area contributed by atoms with Crippen molar-refractivity contribution in [3.63, 3.8) is 0 Å². The van der Waals surface area contributed by atoms with E-state index < -0.39 is 6.61 Å². The highest BCUT2D eigenvalue weighted by molar-refractivity contribution is 6.09. The van der Waals surface area contributed by atoms with E-state index in [-0.39, 0.29) is 18.4 Å². The van der Waals surface area contributed by atoms with Gasteiger partial charge in [0.1, 0.15) is 5.75 Å². The highest BCUT2D eigenvalue weighted by Gasteiger charge is 2.31. The highest BCUT2D eigenvalue weighted by Crippen LogP contribution is 2.41. The van der Waals surface area contributed by atoms with Gasteiger partial charge in [-0.2, -0.15) is 8.78 Å². The summed E-state index contributed by atoms with van der Waals surface area (Å²) in [6.45, 7) is -2.49. The van der Waals surface area contributed by atoms with E-state index in [1.54, 1.807) is 24.3 Å². The fourth-order valence-electron chi connectivity index (χ4n) is 3.25. The number of halogens is 2. The minimum absolute atomic E-state index is 0.00490. The van der Waals surface area contributed by atoms with Crippen LogP contribution in [0.15, 0.2) is 36.4 Å². The summed E-state index contributed by atoms with van der Waals surface area (Å²) in [4.78, 5) is 14.6. The number of benzene rings is 2. The summed E-state index contributed by atoms with van der Waals surface area (Å²) < 4.78 is 40.9. The van der Waals surface area contributed by atoms with Crippen LogP contribution in [0.1, 0.15) is 22.3 Å². The molecule has 2 aliphatic rings. The molecule has 1 amide bonds. The average molecular weight is 347 g/mol. The smallest absolute Gasteiger partial charge is 0.387 e. The monoisotopic (exact) mass is 347 g/mol. The van der Waals surface area contributed by atoms with Crippen LogP contribution in [-0.4, -0.2) is 25.9 Å². The van der Waals surface area contributed by atoms with Crippen LogP contribution in [-0.2, 0) is 6.42 Å². The topological polar surface area (TPSA) is 48.0 Å². The maximum Gasteiger partial charge on any atom is 0.387 e. The Morgan fingerprint density at radius 3 is 2.84 bits per heavy atom. The molecule has 2 aliphatic heterocycles. The Bertz CT molecular complexity index is 825. The van der Waals surface area contributed by atoms with Crippen LogP contribution in [0.3, 0.4) is 0 Å². The van der Waals surface area contributed by atoms with Crippen molar-refractivity contribution in [2.45, 2.75) is 19.5 Å². The summed E-state index contributed by atoms with van der Waals surface area (Å²) in [5.41, 5.74) is 1.55. The van der Waals surface area contributed by atoms with Gasteiger partial charge in [-0.3, -0.25) is 4.79 Å². The van der Waals surface area contributed by atoms with E-state index in [1.165, 1.54) is 11.0 Å². The molecule has 0 atom stereocenters. The first-order valence-corrected chi connectivity index (χ1v) is 7.92. The standard InChI is InChI=1S/C18H15F2NO4/c19-18(20)25-13-7-1-4-11-5-3-9-21(15(11)13)17(22)12-6-2-8-14-16(12)24-10-23-14/h1-2,4,6-8,18H,3,5,9-10H2. The van der Waals surface area contributed by atoms with Crippen molar-refractivity contribution < 1.29 is 27.8 Å². The van der Waals surface area contributed by atoms with Crippen LogP contribution in [0.4, 0.5) is 14.5 Å². The predicted octanol–water partition coefficient (Wildman–Crippen LogP) is 3.61. The van der Waals surface area contributed by atoms with Gasteiger partial charge in [-0.25, -0.2) is 0 Å². The summed E-state index contributed by atoms with van der Waals surface area (Å²) in [5.74, 6) is 0.561. The van der Waals surface area contributed by atoms with Gasteiger partial charge >= 0.3 is 6.61 Å². The fraction of sp³-hybridized carbons (Fsp3) is 0.278.